The van der Waals surface area contributed by atoms with E-state index in [0.29, 0.717) is 36.7 Å². The Morgan fingerprint density at radius 3 is 2.68 bits per heavy atom. The SMILES string of the molecule is Cc1ccc(-c2c(C)sc3nc(CN(C)CCOc4cccc(F)c4)[nH]c(=O)c23)cc1. The molecule has 2 heterocycles. The average Bonchev–Trinajstić information content (AvgIpc) is 3.05. The second-order valence-corrected chi connectivity index (χ2v) is 8.84. The molecule has 2 aromatic carbocycles. The summed E-state index contributed by atoms with van der Waals surface area (Å²) in [5.41, 5.74) is 3.04. The maximum atomic E-state index is 13.2. The monoisotopic (exact) mass is 437 g/mol. The van der Waals surface area contributed by atoms with Crippen LogP contribution in [0.4, 0.5) is 4.39 Å². The van der Waals surface area contributed by atoms with Crippen LogP contribution in [-0.2, 0) is 6.54 Å². The number of nitrogens with zero attached hydrogens (tertiary/aromatic N) is 2. The fraction of sp³-hybridized carbons (Fsp3) is 0.250. The summed E-state index contributed by atoms with van der Waals surface area (Å²) in [5, 5.41) is 0.646. The predicted octanol–water partition coefficient (Wildman–Crippen LogP) is 4.92. The highest BCUT2D eigenvalue weighted by Gasteiger charge is 2.17. The van der Waals surface area contributed by atoms with Crippen LogP contribution in [0.3, 0.4) is 0 Å². The first-order valence-corrected chi connectivity index (χ1v) is 10.9. The number of H-pyrrole nitrogens is 1. The smallest absolute Gasteiger partial charge is 0.260 e. The lowest BCUT2D eigenvalue weighted by atomic mass is 10.0. The van der Waals surface area contributed by atoms with Crippen LogP contribution in [0, 0.1) is 19.7 Å². The summed E-state index contributed by atoms with van der Waals surface area (Å²) in [6.07, 6.45) is 0. The van der Waals surface area contributed by atoms with E-state index in [0.717, 1.165) is 20.8 Å². The van der Waals surface area contributed by atoms with Gasteiger partial charge in [-0.25, -0.2) is 9.37 Å². The second kappa shape index (κ2) is 8.99. The number of hydrogen-bond donors (Lipinski definition) is 1. The van der Waals surface area contributed by atoms with E-state index >= 15 is 0 Å². The Hall–Kier alpha value is -3.03. The molecule has 0 fully saturated rings. The quantitative estimate of drug-likeness (QED) is 0.446. The van der Waals surface area contributed by atoms with Crippen LogP contribution >= 0.6 is 11.3 Å². The molecule has 1 N–H and O–H groups in total. The van der Waals surface area contributed by atoms with E-state index < -0.39 is 0 Å². The van der Waals surface area contributed by atoms with E-state index in [1.165, 1.54) is 29.0 Å². The number of rotatable bonds is 7. The van der Waals surface area contributed by atoms with Gasteiger partial charge in [0.1, 0.15) is 28.8 Å². The first kappa shape index (κ1) is 21.2. The molecule has 0 spiro atoms. The van der Waals surface area contributed by atoms with Gasteiger partial charge in [0.2, 0.25) is 0 Å². The molecule has 31 heavy (non-hydrogen) atoms. The zero-order valence-electron chi connectivity index (χ0n) is 17.7. The Balaban J connectivity index is 1.49. The number of aromatic amines is 1. The third-order valence-corrected chi connectivity index (χ3v) is 6.08. The van der Waals surface area contributed by atoms with Gasteiger partial charge >= 0.3 is 0 Å². The van der Waals surface area contributed by atoms with Crippen LogP contribution in [0.5, 0.6) is 5.75 Å². The van der Waals surface area contributed by atoms with Gasteiger partial charge in [0.15, 0.2) is 0 Å². The highest BCUT2D eigenvalue weighted by Crippen LogP contribution is 2.35. The number of aromatic nitrogens is 2. The molecule has 2 aromatic heterocycles. The highest BCUT2D eigenvalue weighted by atomic mass is 32.1. The van der Waals surface area contributed by atoms with Crippen molar-refractivity contribution in [3.05, 3.63) is 81.0 Å². The summed E-state index contributed by atoms with van der Waals surface area (Å²) in [7, 11) is 1.93. The number of halogens is 1. The van der Waals surface area contributed by atoms with Gasteiger partial charge in [-0.15, -0.1) is 11.3 Å². The van der Waals surface area contributed by atoms with Crippen molar-refractivity contribution in [1.29, 1.82) is 0 Å². The summed E-state index contributed by atoms with van der Waals surface area (Å²) >= 11 is 1.54. The van der Waals surface area contributed by atoms with Crippen molar-refractivity contribution >= 4 is 21.6 Å². The van der Waals surface area contributed by atoms with Crippen LogP contribution in [0.25, 0.3) is 21.3 Å². The van der Waals surface area contributed by atoms with Crippen LogP contribution in [0.15, 0.2) is 53.3 Å². The molecule has 160 valence electrons. The van der Waals surface area contributed by atoms with Gasteiger partial charge in [-0.05, 0) is 38.6 Å². The lowest BCUT2D eigenvalue weighted by Crippen LogP contribution is -2.26. The van der Waals surface area contributed by atoms with Crippen LogP contribution in [0.2, 0.25) is 0 Å². The number of hydrogen-bond acceptors (Lipinski definition) is 5. The standard InChI is InChI=1S/C24H24FN3O2S/c1-15-7-9-17(10-8-15)21-16(2)31-24-22(21)23(29)26-20(27-24)14-28(3)11-12-30-19-6-4-5-18(25)13-19/h4-10,13H,11-12,14H2,1-3H3,(H,26,27,29). The lowest BCUT2D eigenvalue weighted by Gasteiger charge is -2.16. The summed E-state index contributed by atoms with van der Waals surface area (Å²) in [6, 6.07) is 14.3. The van der Waals surface area contributed by atoms with Crippen molar-refractivity contribution in [1.82, 2.24) is 14.9 Å². The summed E-state index contributed by atoms with van der Waals surface area (Å²) in [5.74, 6) is 0.790. The molecule has 0 saturated carbocycles. The molecule has 0 aliphatic carbocycles. The molecule has 4 rings (SSSR count). The number of nitrogens with one attached hydrogen (secondary N) is 1. The fourth-order valence-corrected chi connectivity index (χ4v) is 4.58. The van der Waals surface area contributed by atoms with Crippen molar-refractivity contribution in [3.63, 3.8) is 0 Å². The topological polar surface area (TPSA) is 58.2 Å². The number of aryl methyl sites for hydroxylation is 2. The van der Waals surface area contributed by atoms with Crippen molar-refractivity contribution in [3.8, 4) is 16.9 Å². The van der Waals surface area contributed by atoms with Crippen molar-refractivity contribution in [2.45, 2.75) is 20.4 Å². The van der Waals surface area contributed by atoms with Crippen LogP contribution in [-0.4, -0.2) is 35.1 Å². The molecular weight excluding hydrogens is 413 g/mol. The Morgan fingerprint density at radius 2 is 1.94 bits per heavy atom. The van der Waals surface area contributed by atoms with E-state index in [-0.39, 0.29) is 11.4 Å². The number of likely N-dealkylation sites (N-methyl/N-ethyl adjacent to an activating group) is 1. The molecule has 0 bridgehead atoms. The minimum atomic E-state index is -0.322. The fourth-order valence-electron chi connectivity index (χ4n) is 3.52. The van der Waals surface area contributed by atoms with Gasteiger partial charge in [0.25, 0.3) is 5.56 Å². The van der Waals surface area contributed by atoms with E-state index in [1.54, 1.807) is 12.1 Å². The van der Waals surface area contributed by atoms with Crippen molar-refractivity contribution < 1.29 is 9.13 Å². The molecule has 0 aliphatic heterocycles. The third kappa shape index (κ3) is 4.84. The van der Waals surface area contributed by atoms with E-state index in [2.05, 4.69) is 17.1 Å². The van der Waals surface area contributed by atoms with Gasteiger partial charge < -0.3 is 9.72 Å². The molecule has 0 atom stereocenters. The molecule has 0 aliphatic rings. The van der Waals surface area contributed by atoms with E-state index in [9.17, 15) is 9.18 Å². The van der Waals surface area contributed by atoms with E-state index in [4.69, 9.17) is 9.72 Å². The summed E-state index contributed by atoms with van der Waals surface area (Å²) < 4.78 is 18.8. The lowest BCUT2D eigenvalue weighted by molar-refractivity contribution is 0.229. The molecule has 0 radical (unpaired) electrons. The zero-order chi connectivity index (χ0) is 22.0. The molecule has 0 saturated heterocycles. The number of ether oxygens (including phenoxy) is 1. The Labute approximate surface area is 184 Å². The van der Waals surface area contributed by atoms with Gasteiger partial charge in [-0.2, -0.15) is 0 Å². The van der Waals surface area contributed by atoms with Gasteiger partial charge in [0, 0.05) is 23.1 Å². The highest BCUT2D eigenvalue weighted by molar-refractivity contribution is 7.19. The molecule has 0 unspecified atom stereocenters. The zero-order valence-corrected chi connectivity index (χ0v) is 18.6. The molecule has 4 aromatic rings. The second-order valence-electron chi connectivity index (χ2n) is 7.64. The number of benzene rings is 2. The number of thiophene rings is 1. The molecular formula is C24H24FN3O2S. The summed E-state index contributed by atoms with van der Waals surface area (Å²) in [6.45, 7) is 5.56. The normalized spacial score (nSPS) is 11.4. The Morgan fingerprint density at radius 1 is 1.16 bits per heavy atom. The molecule has 5 nitrogen and oxygen atoms in total. The van der Waals surface area contributed by atoms with Crippen molar-refractivity contribution in [2.24, 2.45) is 0 Å². The minimum Gasteiger partial charge on any atom is -0.492 e. The van der Waals surface area contributed by atoms with E-state index in [1.807, 2.05) is 37.9 Å². The van der Waals surface area contributed by atoms with Crippen LogP contribution < -0.4 is 10.3 Å². The molecule has 7 heteroatoms. The predicted molar refractivity (Wildman–Crippen MR) is 123 cm³/mol. The first-order chi connectivity index (χ1) is 14.9. The van der Waals surface area contributed by atoms with Crippen molar-refractivity contribution in [2.75, 3.05) is 20.2 Å². The maximum absolute atomic E-state index is 13.2. The summed E-state index contributed by atoms with van der Waals surface area (Å²) in [4.78, 5) is 24.4. The van der Waals surface area contributed by atoms with Gasteiger partial charge in [-0.3, -0.25) is 9.69 Å². The van der Waals surface area contributed by atoms with Gasteiger partial charge in [-0.1, -0.05) is 35.9 Å². The molecule has 0 amide bonds. The first-order valence-electron chi connectivity index (χ1n) is 10.1. The third-order valence-electron chi connectivity index (χ3n) is 5.08. The largest absolute Gasteiger partial charge is 0.492 e. The minimum absolute atomic E-state index is 0.121. The Bertz CT molecular complexity index is 1260. The maximum Gasteiger partial charge on any atom is 0.260 e. The van der Waals surface area contributed by atoms with Gasteiger partial charge in [0.05, 0.1) is 11.9 Å². The average molecular weight is 438 g/mol. The number of fused-ring (bicyclic) bond motifs is 1. The van der Waals surface area contributed by atoms with Crippen LogP contribution in [0.1, 0.15) is 16.3 Å². The Kier molecular flexibility index (Phi) is 6.15.